The van der Waals surface area contributed by atoms with Crippen molar-refractivity contribution in [3.8, 4) is 27.1 Å². The topological polar surface area (TPSA) is 101 Å². The first-order valence-corrected chi connectivity index (χ1v) is 14.7. The maximum atomic E-state index is 13.4. The Morgan fingerprint density at radius 1 is 1.14 bits per heavy atom. The number of pyridine rings is 1. The van der Waals surface area contributed by atoms with Crippen LogP contribution in [0, 0.1) is 22.7 Å². The van der Waals surface area contributed by atoms with Crippen molar-refractivity contribution in [1.82, 2.24) is 9.97 Å². The first-order valence-electron chi connectivity index (χ1n) is 12.0. The van der Waals surface area contributed by atoms with Gasteiger partial charge in [0.1, 0.15) is 10.8 Å². The highest BCUT2D eigenvalue weighted by Crippen LogP contribution is 2.51. The minimum atomic E-state index is -3.30. The smallest absolute Gasteiger partial charge is 0.175 e. The van der Waals surface area contributed by atoms with Crippen LogP contribution in [0.15, 0.2) is 53.7 Å². The fraction of sp³-hybridized carbons (Fsp3) is 0.407. The van der Waals surface area contributed by atoms with Gasteiger partial charge in [-0.3, -0.25) is 9.78 Å². The first-order chi connectivity index (χ1) is 16.8. The highest BCUT2D eigenvalue weighted by molar-refractivity contribution is 7.90. The summed E-state index contributed by atoms with van der Waals surface area (Å²) in [5.74, 6) is 0.0208. The molecule has 180 valence electrons. The molecule has 0 aliphatic heterocycles. The molecule has 2 fully saturated rings. The van der Waals surface area contributed by atoms with Gasteiger partial charge in [-0.25, -0.2) is 13.4 Å². The van der Waals surface area contributed by atoms with Crippen molar-refractivity contribution >= 4 is 27.0 Å². The van der Waals surface area contributed by atoms with E-state index in [4.69, 9.17) is 4.98 Å². The highest BCUT2D eigenvalue weighted by Gasteiger charge is 2.47. The van der Waals surface area contributed by atoms with Gasteiger partial charge in [-0.2, -0.15) is 5.26 Å². The van der Waals surface area contributed by atoms with Gasteiger partial charge in [0.25, 0.3) is 0 Å². The number of hydrogen-bond acceptors (Lipinski definition) is 7. The lowest BCUT2D eigenvalue weighted by Crippen LogP contribution is -2.28. The lowest BCUT2D eigenvalue weighted by molar-refractivity contribution is -0.125. The molecule has 5 rings (SSSR count). The molecule has 6 nitrogen and oxygen atoms in total. The van der Waals surface area contributed by atoms with Crippen LogP contribution in [0.5, 0.6) is 0 Å². The van der Waals surface area contributed by atoms with E-state index in [1.807, 2.05) is 24.3 Å². The molecule has 2 heterocycles. The molecule has 2 saturated carbocycles. The van der Waals surface area contributed by atoms with E-state index < -0.39 is 15.3 Å². The third-order valence-electron chi connectivity index (χ3n) is 7.24. The maximum absolute atomic E-state index is 13.4. The number of carbonyl (C=O) groups excluding carboxylic acids is 1. The summed E-state index contributed by atoms with van der Waals surface area (Å²) in [6.07, 6.45) is 10.4. The van der Waals surface area contributed by atoms with Gasteiger partial charge in [0.15, 0.2) is 9.84 Å². The number of thiazole rings is 1. The van der Waals surface area contributed by atoms with Gasteiger partial charge in [-0.1, -0.05) is 25.0 Å². The van der Waals surface area contributed by atoms with E-state index in [2.05, 4.69) is 11.1 Å². The van der Waals surface area contributed by atoms with Crippen molar-refractivity contribution in [1.29, 1.82) is 5.26 Å². The van der Waals surface area contributed by atoms with Crippen LogP contribution in [0.4, 0.5) is 0 Å². The molecule has 0 N–H and O–H groups in total. The summed E-state index contributed by atoms with van der Waals surface area (Å²) in [4.78, 5) is 24.0. The van der Waals surface area contributed by atoms with Gasteiger partial charge in [0.05, 0.1) is 27.0 Å². The predicted molar refractivity (Wildman–Crippen MR) is 135 cm³/mol. The summed E-state index contributed by atoms with van der Waals surface area (Å²) >= 11 is 1.55. The van der Waals surface area contributed by atoms with E-state index in [1.165, 1.54) is 6.26 Å². The Morgan fingerprint density at radius 2 is 1.89 bits per heavy atom. The molecule has 2 atom stereocenters. The van der Waals surface area contributed by atoms with Crippen molar-refractivity contribution < 1.29 is 13.2 Å². The molecule has 2 aliphatic rings. The summed E-state index contributed by atoms with van der Waals surface area (Å²) < 4.78 is 23.9. The Balaban J connectivity index is 1.56. The SMILES string of the molecule is CS(=O)(=O)c1ccc(-c2sc(-c3cccnc3)nc2[C@@H]2CCCC[C@H]2C(=O)CC2(C#N)CC2)cc1. The van der Waals surface area contributed by atoms with Crippen molar-refractivity contribution in [2.45, 2.75) is 55.8 Å². The summed E-state index contributed by atoms with van der Waals surface area (Å²) in [6, 6.07) is 13.1. The largest absolute Gasteiger partial charge is 0.299 e. The Morgan fingerprint density at radius 3 is 2.51 bits per heavy atom. The summed E-state index contributed by atoms with van der Waals surface area (Å²) in [5.41, 5.74) is 2.26. The van der Waals surface area contributed by atoms with Gasteiger partial charge >= 0.3 is 0 Å². The minimum absolute atomic E-state index is 0.0167. The third kappa shape index (κ3) is 4.93. The Labute approximate surface area is 210 Å². The standard InChI is InChI=1S/C27H27N3O3S2/c1-35(32,33)20-10-8-18(9-11-20)25-24(30-26(34-25)19-5-4-14-29-16-19)22-7-3-2-6-21(22)23(31)15-27(17-28)12-13-27/h4-5,8-11,14,16,21-22H,2-3,6-7,12-13,15H2,1H3/t21-,22-/m1/s1. The average molecular weight is 506 g/mol. The molecule has 3 aromatic rings. The second-order valence-corrected chi connectivity index (χ2v) is 12.8. The fourth-order valence-corrected chi connectivity index (χ4v) is 6.81. The van der Waals surface area contributed by atoms with E-state index in [0.717, 1.165) is 65.2 Å². The molecule has 2 aliphatic carbocycles. The van der Waals surface area contributed by atoms with E-state index in [0.29, 0.717) is 6.42 Å². The minimum Gasteiger partial charge on any atom is -0.299 e. The maximum Gasteiger partial charge on any atom is 0.175 e. The Kier molecular flexibility index (Phi) is 6.32. The van der Waals surface area contributed by atoms with Gasteiger partial charge in [-0.15, -0.1) is 11.3 Å². The summed E-state index contributed by atoms with van der Waals surface area (Å²) in [6.45, 7) is 0. The fourth-order valence-electron chi connectivity index (χ4n) is 5.04. The van der Waals surface area contributed by atoms with Crippen LogP contribution < -0.4 is 0 Å². The zero-order chi connectivity index (χ0) is 24.6. The van der Waals surface area contributed by atoms with Crippen molar-refractivity contribution in [3.05, 3.63) is 54.5 Å². The molecule has 35 heavy (non-hydrogen) atoms. The molecular weight excluding hydrogens is 478 g/mol. The number of ketones is 1. The number of rotatable bonds is 7. The second-order valence-electron chi connectivity index (χ2n) is 9.80. The van der Waals surface area contributed by atoms with E-state index >= 15 is 0 Å². The number of nitrogens with zero attached hydrogens (tertiary/aromatic N) is 3. The number of Topliss-reactive ketones (excluding diaryl/α,β-unsaturated/α-hetero) is 1. The second kappa shape index (κ2) is 9.29. The molecule has 0 radical (unpaired) electrons. The third-order valence-corrected chi connectivity index (χ3v) is 9.54. The van der Waals surface area contributed by atoms with E-state index in [-0.39, 0.29) is 22.5 Å². The van der Waals surface area contributed by atoms with Crippen LogP contribution in [-0.4, -0.2) is 30.4 Å². The lowest BCUT2D eigenvalue weighted by Gasteiger charge is -2.30. The number of benzene rings is 1. The molecule has 2 aromatic heterocycles. The number of aromatic nitrogens is 2. The van der Waals surface area contributed by atoms with E-state index in [9.17, 15) is 18.5 Å². The van der Waals surface area contributed by atoms with Gasteiger partial charge in [-0.05, 0) is 55.5 Å². The first kappa shape index (κ1) is 23.8. The monoisotopic (exact) mass is 505 g/mol. The zero-order valence-electron chi connectivity index (χ0n) is 19.6. The van der Waals surface area contributed by atoms with Crippen LogP contribution in [-0.2, 0) is 14.6 Å². The van der Waals surface area contributed by atoms with Gasteiger partial charge in [0.2, 0.25) is 0 Å². The number of hydrogen-bond donors (Lipinski definition) is 0. The molecule has 0 spiro atoms. The normalized spacial score (nSPS) is 21.3. The van der Waals surface area contributed by atoms with Crippen molar-refractivity contribution in [2.24, 2.45) is 11.3 Å². The Hall–Kier alpha value is -2.89. The summed E-state index contributed by atoms with van der Waals surface area (Å²) in [7, 11) is -3.30. The molecular formula is C27H27N3O3S2. The van der Waals surface area contributed by atoms with Crippen LogP contribution in [0.2, 0.25) is 0 Å². The van der Waals surface area contributed by atoms with Crippen molar-refractivity contribution in [2.75, 3.05) is 6.26 Å². The van der Waals surface area contributed by atoms with Crippen LogP contribution in [0.25, 0.3) is 21.0 Å². The molecule has 0 bridgehead atoms. The average Bonchev–Trinajstić information content (AvgIpc) is 3.50. The highest BCUT2D eigenvalue weighted by atomic mass is 32.2. The number of sulfone groups is 1. The molecule has 0 unspecified atom stereocenters. The molecule has 1 aromatic carbocycles. The molecule has 8 heteroatoms. The summed E-state index contributed by atoms with van der Waals surface area (Å²) in [5, 5.41) is 10.4. The lowest BCUT2D eigenvalue weighted by atomic mass is 9.73. The number of nitriles is 1. The molecule has 0 amide bonds. The molecule has 0 saturated heterocycles. The van der Waals surface area contributed by atoms with Gasteiger partial charge < -0.3 is 0 Å². The van der Waals surface area contributed by atoms with E-state index in [1.54, 1.807) is 35.9 Å². The zero-order valence-corrected chi connectivity index (χ0v) is 21.2. The predicted octanol–water partition coefficient (Wildman–Crippen LogP) is 5.81. The van der Waals surface area contributed by atoms with Crippen molar-refractivity contribution in [3.63, 3.8) is 0 Å². The van der Waals surface area contributed by atoms with Crippen LogP contribution in [0.3, 0.4) is 0 Å². The van der Waals surface area contributed by atoms with Crippen LogP contribution in [0.1, 0.15) is 56.6 Å². The quantitative estimate of drug-likeness (QED) is 0.401. The Bertz CT molecular complexity index is 1390. The van der Waals surface area contributed by atoms with Gasteiger partial charge in [0, 0.05) is 42.5 Å². The number of carbonyl (C=O) groups is 1. The van der Waals surface area contributed by atoms with Crippen LogP contribution >= 0.6 is 11.3 Å².